The molecule has 1 aliphatic carbocycles. The maximum Gasteiger partial charge on any atom is 0.275 e. The Morgan fingerprint density at radius 3 is 2.12 bits per heavy atom. The molecule has 5 N–H and O–H groups in total. The number of hydrogen-bond acceptors (Lipinski definition) is 15. The molecule has 4 aromatic rings. The molecular weight excluding hydrogens is 978 g/mol. The minimum atomic E-state index is -0.854. The summed E-state index contributed by atoms with van der Waals surface area (Å²) in [6.07, 6.45) is 11.1. The number of carbonyl (C=O) groups is 1. The molecule has 21 heteroatoms. The van der Waals surface area contributed by atoms with Crippen molar-refractivity contribution in [2.45, 2.75) is 70.7 Å². The average Bonchev–Trinajstić information content (AvgIpc) is 4.03. The van der Waals surface area contributed by atoms with E-state index < -0.39 is 17.7 Å². The van der Waals surface area contributed by atoms with Gasteiger partial charge >= 0.3 is 0 Å². The Bertz CT molecular complexity index is 1740. The number of unbranched alkanes of at least 4 members (excludes halogenated alkanes) is 2. The first-order valence-electron chi connectivity index (χ1n) is 20.0. The normalized spacial score (nSPS) is 15.0. The molecule has 0 saturated heterocycles. The molecule has 4 heterocycles. The number of aliphatic hydroxyl groups excluding tert-OH is 2. The number of nitrogens with zero attached hydrogens (tertiary/aromatic N) is 6. The number of nitrogens with one attached hydrogen (secondary N) is 1. The van der Waals surface area contributed by atoms with Crippen molar-refractivity contribution in [2.24, 2.45) is 5.73 Å². The zero-order valence-corrected chi connectivity index (χ0v) is 37.8. The van der Waals surface area contributed by atoms with Crippen molar-refractivity contribution in [3.05, 3.63) is 53.6 Å². The molecule has 5 rings (SSSR count). The zero-order valence-electron chi connectivity index (χ0n) is 34.1. The van der Waals surface area contributed by atoms with Crippen molar-refractivity contribution >= 4 is 22.9 Å². The van der Waals surface area contributed by atoms with Gasteiger partial charge in [0.1, 0.15) is 28.8 Å². The Balaban J connectivity index is 0.000000362. The topological polar surface area (TPSA) is 212 Å². The van der Waals surface area contributed by atoms with Crippen molar-refractivity contribution in [3.8, 4) is 22.0 Å². The number of halogens is 2. The number of amides is 1. The summed E-state index contributed by atoms with van der Waals surface area (Å²) in [6, 6.07) is 1.93. The molecule has 0 unspecified atom stereocenters. The monoisotopic (exact) mass is 1040 g/mol. The van der Waals surface area contributed by atoms with Crippen LogP contribution in [0.5, 0.6) is 0 Å². The SMILES string of the molecule is CCOC1CCC(n2cc(NC(=O)c3csc(-c4cnn(CO)c4)n3)c(-c3nc(F)ccc3F)n2)CC1.NCCOCCOCCOCCOCCOCCCCCO.[W]. The third-order valence-corrected chi connectivity index (χ3v) is 9.79. The van der Waals surface area contributed by atoms with E-state index in [1.807, 2.05) is 6.92 Å². The summed E-state index contributed by atoms with van der Waals surface area (Å²) in [6.45, 7) is 9.01. The van der Waals surface area contributed by atoms with Gasteiger partial charge in [-0.25, -0.2) is 19.0 Å². The fourth-order valence-corrected chi connectivity index (χ4v) is 6.72. The van der Waals surface area contributed by atoms with Crippen LogP contribution in [0.3, 0.4) is 0 Å². The van der Waals surface area contributed by atoms with Crippen molar-refractivity contribution < 1.29 is 73.3 Å². The molecule has 0 atom stereocenters. The molecule has 0 bridgehead atoms. The Hall–Kier alpha value is -3.14. The average molecular weight is 1040 g/mol. The molecular formula is C39H58F2N8O9SW. The van der Waals surface area contributed by atoms with Gasteiger partial charge in [-0.1, -0.05) is 0 Å². The first-order valence-corrected chi connectivity index (χ1v) is 20.9. The summed E-state index contributed by atoms with van der Waals surface area (Å²) < 4.78 is 63.9. The largest absolute Gasteiger partial charge is 0.396 e. The molecule has 334 valence electrons. The Morgan fingerprint density at radius 1 is 0.867 bits per heavy atom. The second-order valence-corrected chi connectivity index (χ2v) is 14.1. The Morgan fingerprint density at radius 2 is 1.52 bits per heavy atom. The standard InChI is InChI=1S/C24H25F2N7O3S.C15H33NO6.W/c1-2-36-16-5-3-15(4-6-16)33-11-18(22(31-33)21-17(25)7-8-20(26)30-21)28-23(35)19-12-37-24(29-19)14-9-27-32(10-14)13-34;16-4-7-19-9-11-21-13-15-22-14-12-20-10-8-18-6-3-1-2-5-17;/h7-12,15-16,34H,2-6,13H2,1H3,(H,28,35);17H,1-16H2;. The van der Waals surface area contributed by atoms with Gasteiger partial charge < -0.3 is 49.7 Å². The van der Waals surface area contributed by atoms with E-state index in [1.54, 1.807) is 22.5 Å². The molecule has 0 spiro atoms. The van der Waals surface area contributed by atoms with Gasteiger partial charge in [-0.3, -0.25) is 9.48 Å². The van der Waals surface area contributed by atoms with Crippen LogP contribution < -0.4 is 11.1 Å². The minimum absolute atomic E-state index is 0. The van der Waals surface area contributed by atoms with Crippen LogP contribution in [0.2, 0.25) is 0 Å². The first kappa shape index (κ1) is 51.2. The fourth-order valence-electron chi connectivity index (χ4n) is 5.95. The van der Waals surface area contributed by atoms with Crippen LogP contribution in [-0.4, -0.2) is 138 Å². The number of carbonyl (C=O) groups excluding carboxylic acids is 1. The number of hydrogen-bond donors (Lipinski definition) is 4. The molecule has 1 fully saturated rings. The second kappa shape index (κ2) is 30.0. The quantitative estimate of drug-likeness (QED) is 0.0481. The van der Waals surface area contributed by atoms with Gasteiger partial charge in [0.05, 0.1) is 83.5 Å². The number of ether oxygens (including phenoxy) is 6. The number of aromatic nitrogens is 6. The Labute approximate surface area is 367 Å². The van der Waals surface area contributed by atoms with Crippen LogP contribution in [0.15, 0.2) is 36.1 Å². The van der Waals surface area contributed by atoms with E-state index in [9.17, 15) is 18.7 Å². The molecule has 0 radical (unpaired) electrons. The molecule has 17 nitrogen and oxygen atoms in total. The van der Waals surface area contributed by atoms with Gasteiger partial charge in [0, 0.05) is 70.8 Å². The summed E-state index contributed by atoms with van der Waals surface area (Å²) in [5, 5.41) is 31.2. The molecule has 0 aliphatic heterocycles. The van der Waals surface area contributed by atoms with Gasteiger partial charge in [0.15, 0.2) is 5.82 Å². The first-order chi connectivity index (χ1) is 28.9. The van der Waals surface area contributed by atoms with Crippen molar-refractivity contribution in [2.75, 3.05) is 91.1 Å². The van der Waals surface area contributed by atoms with E-state index in [-0.39, 0.29) is 69.3 Å². The van der Waals surface area contributed by atoms with Crippen molar-refractivity contribution in [3.63, 3.8) is 0 Å². The fraction of sp³-hybridized carbons (Fsp3) is 0.615. The number of rotatable bonds is 27. The maximum atomic E-state index is 14.7. The summed E-state index contributed by atoms with van der Waals surface area (Å²) in [5.41, 5.74) is 6.04. The smallest absolute Gasteiger partial charge is 0.275 e. The molecule has 1 aliphatic rings. The van der Waals surface area contributed by atoms with Gasteiger partial charge in [0.2, 0.25) is 5.95 Å². The zero-order chi connectivity index (χ0) is 42.1. The van der Waals surface area contributed by atoms with E-state index in [1.165, 1.54) is 22.2 Å². The third-order valence-electron chi connectivity index (χ3n) is 8.90. The van der Waals surface area contributed by atoms with Crippen LogP contribution in [0.25, 0.3) is 22.0 Å². The van der Waals surface area contributed by atoms with Gasteiger partial charge in [-0.15, -0.1) is 11.3 Å². The van der Waals surface area contributed by atoms with Crippen LogP contribution in [0.4, 0.5) is 14.5 Å². The molecule has 1 saturated carbocycles. The third kappa shape index (κ3) is 18.1. The van der Waals surface area contributed by atoms with Crippen molar-refractivity contribution in [1.29, 1.82) is 0 Å². The van der Waals surface area contributed by atoms with E-state index in [0.29, 0.717) is 83.2 Å². The number of thiazole rings is 1. The maximum absolute atomic E-state index is 14.7. The summed E-state index contributed by atoms with van der Waals surface area (Å²) in [4.78, 5) is 21.1. The van der Waals surface area contributed by atoms with Gasteiger partial charge in [-0.2, -0.15) is 14.6 Å². The summed E-state index contributed by atoms with van der Waals surface area (Å²) in [7, 11) is 0. The molecule has 0 aromatic carbocycles. The van der Waals surface area contributed by atoms with E-state index in [0.717, 1.165) is 63.7 Å². The summed E-state index contributed by atoms with van der Waals surface area (Å²) >= 11 is 1.24. The number of aliphatic hydroxyl groups is 2. The van der Waals surface area contributed by atoms with E-state index in [2.05, 4.69) is 25.5 Å². The second-order valence-electron chi connectivity index (χ2n) is 13.3. The number of nitrogens with two attached hydrogens (primary N) is 1. The number of anilines is 1. The molecule has 60 heavy (non-hydrogen) atoms. The van der Waals surface area contributed by atoms with Crippen LogP contribution >= 0.6 is 11.3 Å². The predicted molar refractivity (Wildman–Crippen MR) is 216 cm³/mol. The predicted octanol–water partition coefficient (Wildman–Crippen LogP) is 4.45. The van der Waals surface area contributed by atoms with Crippen LogP contribution in [0.1, 0.15) is 68.4 Å². The minimum Gasteiger partial charge on any atom is -0.396 e. The Kier molecular flexibility index (Phi) is 25.6. The van der Waals surface area contributed by atoms with Gasteiger partial charge in [-0.05, 0) is 64.0 Å². The summed E-state index contributed by atoms with van der Waals surface area (Å²) in [5.74, 6) is -2.14. The van der Waals surface area contributed by atoms with Crippen LogP contribution in [0, 0.1) is 11.8 Å². The van der Waals surface area contributed by atoms with Crippen LogP contribution in [-0.2, 0) is 56.2 Å². The van der Waals surface area contributed by atoms with E-state index in [4.69, 9.17) is 39.3 Å². The molecule has 1 amide bonds. The number of pyridine rings is 1. The molecule has 4 aromatic heterocycles. The van der Waals surface area contributed by atoms with Crippen molar-refractivity contribution in [1.82, 2.24) is 29.5 Å². The van der Waals surface area contributed by atoms with Gasteiger partial charge in [0.25, 0.3) is 5.91 Å². The van der Waals surface area contributed by atoms with E-state index >= 15 is 0 Å².